The third kappa shape index (κ3) is 2.68. The van der Waals surface area contributed by atoms with Gasteiger partial charge in [0.05, 0.1) is 12.9 Å². The van der Waals surface area contributed by atoms with Crippen LogP contribution in [-0.4, -0.2) is 15.5 Å². The Balaban J connectivity index is 3.15. The minimum atomic E-state index is -3.67. The van der Waals surface area contributed by atoms with Crippen LogP contribution in [0.15, 0.2) is 18.2 Å². The smallest absolute Gasteiger partial charge is 0.213 e. The first-order valence-electron chi connectivity index (χ1n) is 3.76. The highest BCUT2D eigenvalue weighted by Crippen LogP contribution is 2.23. The number of para-hydroxylation sites is 1. The Hall–Kier alpha value is -1.14. The molecule has 0 aliphatic carbocycles. The summed E-state index contributed by atoms with van der Waals surface area (Å²) in [5.41, 5.74) is 0.218. The molecule has 0 amide bonds. The molecular weight excluding hydrogens is 209 g/mol. The van der Waals surface area contributed by atoms with E-state index in [1.807, 2.05) is 0 Å². The summed E-state index contributed by atoms with van der Waals surface area (Å²) >= 11 is 0. The number of ether oxygens (including phenoxy) is 1. The second-order valence-corrected chi connectivity index (χ2v) is 4.35. The zero-order valence-electron chi connectivity index (χ0n) is 7.53. The van der Waals surface area contributed by atoms with Crippen molar-refractivity contribution in [2.24, 2.45) is 5.14 Å². The number of methoxy groups -OCH3 is 1. The predicted octanol–water partition coefficient (Wildman–Crippen LogP) is 0.623. The predicted molar refractivity (Wildman–Crippen MR) is 49.8 cm³/mol. The zero-order chi connectivity index (χ0) is 10.8. The molecule has 0 aromatic heterocycles. The Morgan fingerprint density at radius 2 is 2.14 bits per heavy atom. The van der Waals surface area contributed by atoms with Crippen LogP contribution in [0.4, 0.5) is 4.39 Å². The molecule has 0 radical (unpaired) electrons. The minimum Gasteiger partial charge on any atom is -0.493 e. The van der Waals surface area contributed by atoms with Crippen molar-refractivity contribution in [1.82, 2.24) is 0 Å². The van der Waals surface area contributed by atoms with E-state index >= 15 is 0 Å². The summed E-state index contributed by atoms with van der Waals surface area (Å²) in [4.78, 5) is 0. The van der Waals surface area contributed by atoms with E-state index in [0.717, 1.165) is 0 Å². The molecular formula is C8H10FNO3S. The average Bonchev–Trinajstić information content (AvgIpc) is 2.01. The van der Waals surface area contributed by atoms with Crippen molar-refractivity contribution in [3.8, 4) is 5.75 Å². The maximum absolute atomic E-state index is 13.1. The van der Waals surface area contributed by atoms with E-state index < -0.39 is 21.6 Å². The van der Waals surface area contributed by atoms with E-state index in [0.29, 0.717) is 0 Å². The molecule has 1 aromatic carbocycles. The van der Waals surface area contributed by atoms with Crippen LogP contribution in [0, 0.1) is 5.82 Å². The molecule has 78 valence electrons. The second kappa shape index (κ2) is 3.93. The SMILES string of the molecule is COc1c(F)cccc1CS(N)(=O)=O. The number of benzene rings is 1. The van der Waals surface area contributed by atoms with Gasteiger partial charge in [-0.2, -0.15) is 0 Å². The van der Waals surface area contributed by atoms with Gasteiger partial charge in [-0.05, 0) is 6.07 Å². The van der Waals surface area contributed by atoms with Gasteiger partial charge < -0.3 is 4.74 Å². The quantitative estimate of drug-likeness (QED) is 0.810. The van der Waals surface area contributed by atoms with Gasteiger partial charge in [-0.1, -0.05) is 12.1 Å². The Morgan fingerprint density at radius 3 is 2.64 bits per heavy atom. The lowest BCUT2D eigenvalue weighted by Crippen LogP contribution is -2.15. The van der Waals surface area contributed by atoms with E-state index in [9.17, 15) is 12.8 Å². The van der Waals surface area contributed by atoms with E-state index in [2.05, 4.69) is 0 Å². The fourth-order valence-electron chi connectivity index (χ4n) is 1.11. The van der Waals surface area contributed by atoms with Crippen LogP contribution in [0.3, 0.4) is 0 Å². The summed E-state index contributed by atoms with van der Waals surface area (Å²) in [5, 5.41) is 4.84. The molecule has 0 saturated heterocycles. The van der Waals surface area contributed by atoms with E-state index in [1.165, 1.54) is 25.3 Å². The Kier molecular flexibility index (Phi) is 3.07. The van der Waals surface area contributed by atoms with Gasteiger partial charge in [0.15, 0.2) is 11.6 Å². The number of hydrogen-bond donors (Lipinski definition) is 1. The molecule has 0 aliphatic rings. The number of nitrogens with two attached hydrogens (primary N) is 1. The topological polar surface area (TPSA) is 69.4 Å². The van der Waals surface area contributed by atoms with Crippen molar-refractivity contribution in [3.05, 3.63) is 29.6 Å². The van der Waals surface area contributed by atoms with Gasteiger partial charge in [-0.25, -0.2) is 17.9 Å². The summed E-state index contributed by atoms with van der Waals surface area (Å²) in [6, 6.07) is 4.04. The first kappa shape index (κ1) is 10.9. The fourth-order valence-corrected chi connectivity index (χ4v) is 1.77. The number of halogens is 1. The van der Waals surface area contributed by atoms with Crippen molar-refractivity contribution >= 4 is 10.0 Å². The highest BCUT2D eigenvalue weighted by Gasteiger charge is 2.13. The third-order valence-corrected chi connectivity index (χ3v) is 2.32. The average molecular weight is 219 g/mol. The van der Waals surface area contributed by atoms with Crippen LogP contribution in [0.1, 0.15) is 5.56 Å². The monoisotopic (exact) mass is 219 g/mol. The van der Waals surface area contributed by atoms with Gasteiger partial charge in [0, 0.05) is 5.56 Å². The first-order chi connectivity index (χ1) is 6.44. The van der Waals surface area contributed by atoms with Crippen LogP contribution in [-0.2, 0) is 15.8 Å². The van der Waals surface area contributed by atoms with Crippen LogP contribution >= 0.6 is 0 Å². The third-order valence-electron chi connectivity index (χ3n) is 1.61. The van der Waals surface area contributed by atoms with E-state index in [1.54, 1.807) is 0 Å². The molecule has 6 heteroatoms. The fraction of sp³-hybridized carbons (Fsp3) is 0.250. The number of hydrogen-bond acceptors (Lipinski definition) is 3. The molecule has 0 bridgehead atoms. The van der Waals surface area contributed by atoms with Crippen LogP contribution in [0.2, 0.25) is 0 Å². The van der Waals surface area contributed by atoms with Crippen molar-refractivity contribution in [1.29, 1.82) is 0 Å². The molecule has 0 aliphatic heterocycles. The molecule has 1 rings (SSSR count). The molecule has 0 saturated carbocycles. The van der Waals surface area contributed by atoms with Gasteiger partial charge in [0.25, 0.3) is 0 Å². The van der Waals surface area contributed by atoms with Gasteiger partial charge in [0.2, 0.25) is 10.0 Å². The van der Waals surface area contributed by atoms with Gasteiger partial charge in [0.1, 0.15) is 0 Å². The van der Waals surface area contributed by atoms with Crippen LogP contribution in [0.5, 0.6) is 5.75 Å². The summed E-state index contributed by atoms with van der Waals surface area (Å²) in [6.45, 7) is 0. The molecule has 0 atom stereocenters. The van der Waals surface area contributed by atoms with Crippen molar-refractivity contribution < 1.29 is 17.5 Å². The standard InChI is InChI=1S/C8H10FNO3S/c1-13-8-6(5-14(10,11)12)3-2-4-7(8)9/h2-4H,5H2,1H3,(H2,10,11,12). The summed E-state index contributed by atoms with van der Waals surface area (Å²) in [6.07, 6.45) is 0. The molecule has 0 spiro atoms. The number of sulfonamides is 1. The maximum atomic E-state index is 13.1. The van der Waals surface area contributed by atoms with Gasteiger partial charge >= 0.3 is 0 Å². The van der Waals surface area contributed by atoms with Crippen LogP contribution in [0.25, 0.3) is 0 Å². The molecule has 0 unspecified atom stereocenters. The summed E-state index contributed by atoms with van der Waals surface area (Å²) in [7, 11) is -2.40. The van der Waals surface area contributed by atoms with Gasteiger partial charge in [-0.3, -0.25) is 0 Å². The number of primary sulfonamides is 1. The van der Waals surface area contributed by atoms with Crippen LogP contribution < -0.4 is 9.88 Å². The zero-order valence-corrected chi connectivity index (χ0v) is 8.34. The summed E-state index contributed by atoms with van der Waals surface area (Å²) in [5.74, 6) is -1.12. The molecule has 14 heavy (non-hydrogen) atoms. The lowest BCUT2D eigenvalue weighted by molar-refractivity contribution is 0.383. The molecule has 1 aromatic rings. The molecule has 0 fully saturated rings. The second-order valence-electron chi connectivity index (χ2n) is 2.74. The molecule has 0 heterocycles. The van der Waals surface area contributed by atoms with E-state index in [-0.39, 0.29) is 11.3 Å². The molecule has 2 N–H and O–H groups in total. The Bertz CT molecular complexity index is 430. The Morgan fingerprint density at radius 1 is 1.50 bits per heavy atom. The van der Waals surface area contributed by atoms with Crippen molar-refractivity contribution in [3.63, 3.8) is 0 Å². The van der Waals surface area contributed by atoms with Gasteiger partial charge in [-0.15, -0.1) is 0 Å². The normalized spacial score (nSPS) is 11.4. The Labute approximate surface area is 81.5 Å². The summed E-state index contributed by atoms with van der Waals surface area (Å²) < 4.78 is 39.4. The molecule has 4 nitrogen and oxygen atoms in total. The lowest BCUT2D eigenvalue weighted by Gasteiger charge is -2.07. The van der Waals surface area contributed by atoms with Crippen molar-refractivity contribution in [2.45, 2.75) is 5.75 Å². The largest absolute Gasteiger partial charge is 0.493 e. The maximum Gasteiger partial charge on any atom is 0.213 e. The highest BCUT2D eigenvalue weighted by atomic mass is 32.2. The lowest BCUT2D eigenvalue weighted by atomic mass is 10.2. The number of rotatable bonds is 3. The van der Waals surface area contributed by atoms with Crippen molar-refractivity contribution in [2.75, 3.05) is 7.11 Å². The van der Waals surface area contributed by atoms with E-state index in [4.69, 9.17) is 9.88 Å². The first-order valence-corrected chi connectivity index (χ1v) is 5.47. The minimum absolute atomic E-state index is 0.0819. The highest BCUT2D eigenvalue weighted by molar-refractivity contribution is 7.88.